The summed E-state index contributed by atoms with van der Waals surface area (Å²) in [5.74, 6) is 0. The maximum Gasteiger partial charge on any atom is 0.319 e. The number of pyridine rings is 1. The number of carbonyl (C=O) groups excluding carboxylic acids is 1. The van der Waals surface area contributed by atoms with Crippen LogP contribution in [0, 0.1) is 0 Å². The van der Waals surface area contributed by atoms with Crippen molar-refractivity contribution in [2.75, 3.05) is 17.6 Å². The molecule has 0 saturated heterocycles. The van der Waals surface area contributed by atoms with Crippen LogP contribution in [-0.4, -0.2) is 17.6 Å². The largest absolute Gasteiger partial charge is 0.397 e. The third-order valence-corrected chi connectivity index (χ3v) is 3.04. The molecule has 0 aliphatic carbocycles. The van der Waals surface area contributed by atoms with E-state index in [2.05, 4.69) is 22.5 Å². The molecule has 0 aliphatic heterocycles. The lowest BCUT2D eigenvalue weighted by atomic mass is 10.1. The molecule has 4 N–H and O–H groups in total. The van der Waals surface area contributed by atoms with Gasteiger partial charge in [0, 0.05) is 17.8 Å². The van der Waals surface area contributed by atoms with Gasteiger partial charge in [0.2, 0.25) is 0 Å². The molecule has 0 fully saturated rings. The Morgan fingerprint density at radius 1 is 1.19 bits per heavy atom. The molecule has 1 heterocycles. The summed E-state index contributed by atoms with van der Waals surface area (Å²) in [6.45, 7) is 2.78. The van der Waals surface area contributed by atoms with Gasteiger partial charge in [0.25, 0.3) is 0 Å². The van der Waals surface area contributed by atoms with Crippen molar-refractivity contribution in [2.24, 2.45) is 0 Å². The summed E-state index contributed by atoms with van der Waals surface area (Å²) in [6, 6.07) is 11.0. The molecule has 0 aliphatic rings. The van der Waals surface area contributed by atoms with Crippen LogP contribution in [-0.2, 0) is 0 Å². The molecule has 0 bridgehead atoms. The first-order chi connectivity index (χ1) is 10.2. The number of urea groups is 1. The Labute approximate surface area is 124 Å². The number of rotatable bonds is 5. The number of carbonyl (C=O) groups is 1. The monoisotopic (exact) mass is 284 g/mol. The van der Waals surface area contributed by atoms with E-state index in [1.54, 1.807) is 6.20 Å². The third kappa shape index (κ3) is 4.49. The van der Waals surface area contributed by atoms with Crippen LogP contribution in [0.1, 0.15) is 19.8 Å². The third-order valence-electron chi connectivity index (χ3n) is 3.04. The van der Waals surface area contributed by atoms with E-state index < -0.39 is 0 Å². The minimum absolute atomic E-state index is 0.179. The number of anilines is 2. The molecule has 5 nitrogen and oxygen atoms in total. The number of aromatic nitrogens is 1. The molecule has 0 saturated carbocycles. The van der Waals surface area contributed by atoms with E-state index in [0.717, 1.165) is 29.8 Å². The van der Waals surface area contributed by atoms with Gasteiger partial charge in [-0.3, -0.25) is 4.98 Å². The molecule has 0 atom stereocenters. The first kappa shape index (κ1) is 14.8. The van der Waals surface area contributed by atoms with Crippen LogP contribution in [0.25, 0.3) is 11.3 Å². The molecule has 1 aromatic heterocycles. The highest BCUT2D eigenvalue weighted by molar-refractivity contribution is 5.89. The maximum atomic E-state index is 11.6. The molecule has 1 aromatic carbocycles. The smallest absolute Gasteiger partial charge is 0.319 e. The quantitative estimate of drug-likeness (QED) is 0.737. The van der Waals surface area contributed by atoms with Crippen LogP contribution >= 0.6 is 0 Å². The molecule has 0 unspecified atom stereocenters. The first-order valence-corrected chi connectivity index (χ1v) is 7.06. The fourth-order valence-corrected chi connectivity index (χ4v) is 1.85. The summed E-state index contributed by atoms with van der Waals surface area (Å²) in [7, 11) is 0. The Morgan fingerprint density at radius 2 is 1.95 bits per heavy atom. The number of hydrogen-bond acceptors (Lipinski definition) is 3. The van der Waals surface area contributed by atoms with Crippen molar-refractivity contribution in [1.29, 1.82) is 0 Å². The second kappa shape index (κ2) is 7.28. The van der Waals surface area contributed by atoms with Crippen molar-refractivity contribution in [2.45, 2.75) is 19.8 Å². The van der Waals surface area contributed by atoms with Gasteiger partial charge in [-0.05, 0) is 30.7 Å². The van der Waals surface area contributed by atoms with Gasteiger partial charge >= 0.3 is 6.03 Å². The van der Waals surface area contributed by atoms with Crippen LogP contribution in [0.2, 0.25) is 0 Å². The zero-order valence-electron chi connectivity index (χ0n) is 12.1. The number of amides is 2. The molecule has 0 spiro atoms. The number of hydrogen-bond donors (Lipinski definition) is 3. The summed E-state index contributed by atoms with van der Waals surface area (Å²) in [5.41, 5.74) is 8.84. The summed E-state index contributed by atoms with van der Waals surface area (Å²) in [6.07, 6.45) is 3.67. The lowest BCUT2D eigenvalue weighted by Gasteiger charge is -2.08. The number of nitrogens with two attached hydrogens (primary N) is 1. The van der Waals surface area contributed by atoms with E-state index >= 15 is 0 Å². The minimum atomic E-state index is -0.179. The van der Waals surface area contributed by atoms with Gasteiger partial charge in [0.1, 0.15) is 0 Å². The number of nitrogens with one attached hydrogen (secondary N) is 2. The molecular weight excluding hydrogens is 264 g/mol. The van der Waals surface area contributed by atoms with Crippen LogP contribution in [0.15, 0.2) is 42.6 Å². The van der Waals surface area contributed by atoms with E-state index in [1.807, 2.05) is 36.4 Å². The van der Waals surface area contributed by atoms with Gasteiger partial charge in [0.15, 0.2) is 0 Å². The van der Waals surface area contributed by atoms with Gasteiger partial charge in [-0.15, -0.1) is 0 Å². The minimum Gasteiger partial charge on any atom is -0.397 e. The van der Waals surface area contributed by atoms with Crippen molar-refractivity contribution >= 4 is 17.4 Å². The SMILES string of the molecule is CCCCNC(=O)Nc1ccc(-c2ccc(N)cn2)cc1. The van der Waals surface area contributed by atoms with Crippen molar-refractivity contribution in [3.05, 3.63) is 42.6 Å². The van der Waals surface area contributed by atoms with Crippen molar-refractivity contribution in [3.63, 3.8) is 0 Å². The summed E-state index contributed by atoms with van der Waals surface area (Å²) in [4.78, 5) is 15.9. The Balaban J connectivity index is 1.95. The molecule has 2 rings (SSSR count). The average Bonchev–Trinajstić information content (AvgIpc) is 2.49. The topological polar surface area (TPSA) is 80.0 Å². The first-order valence-electron chi connectivity index (χ1n) is 7.06. The standard InChI is InChI=1S/C16H20N4O/c1-2-3-10-18-16(21)20-14-7-4-12(5-8-14)15-9-6-13(17)11-19-15/h4-9,11H,2-3,10,17H2,1H3,(H2,18,20,21). The van der Waals surface area contributed by atoms with E-state index in [-0.39, 0.29) is 6.03 Å². The summed E-state index contributed by atoms with van der Waals surface area (Å²) < 4.78 is 0. The normalized spacial score (nSPS) is 10.1. The number of nitrogen functional groups attached to an aromatic ring is 1. The highest BCUT2D eigenvalue weighted by Crippen LogP contribution is 2.20. The molecule has 2 amide bonds. The highest BCUT2D eigenvalue weighted by atomic mass is 16.2. The molecule has 21 heavy (non-hydrogen) atoms. The number of nitrogens with zero attached hydrogens (tertiary/aromatic N) is 1. The Bertz CT molecular complexity index is 578. The van der Waals surface area contributed by atoms with E-state index in [4.69, 9.17) is 5.73 Å². The molecule has 0 radical (unpaired) electrons. The van der Waals surface area contributed by atoms with Gasteiger partial charge in [-0.1, -0.05) is 25.5 Å². The predicted molar refractivity (Wildman–Crippen MR) is 86.0 cm³/mol. The molecule has 5 heteroatoms. The van der Waals surface area contributed by atoms with E-state index in [0.29, 0.717) is 12.2 Å². The maximum absolute atomic E-state index is 11.6. The fraction of sp³-hybridized carbons (Fsp3) is 0.250. The molecule has 110 valence electrons. The van der Waals surface area contributed by atoms with E-state index in [9.17, 15) is 4.79 Å². The van der Waals surface area contributed by atoms with Gasteiger partial charge < -0.3 is 16.4 Å². The van der Waals surface area contributed by atoms with Crippen LogP contribution in [0.3, 0.4) is 0 Å². The summed E-state index contributed by atoms with van der Waals surface area (Å²) >= 11 is 0. The number of benzene rings is 1. The zero-order valence-corrected chi connectivity index (χ0v) is 12.1. The lowest BCUT2D eigenvalue weighted by Crippen LogP contribution is -2.29. The molecular formula is C16H20N4O. The van der Waals surface area contributed by atoms with Crippen molar-refractivity contribution < 1.29 is 4.79 Å². The van der Waals surface area contributed by atoms with Crippen molar-refractivity contribution in [3.8, 4) is 11.3 Å². The summed E-state index contributed by atoms with van der Waals surface area (Å²) in [5, 5.41) is 5.61. The second-order valence-electron chi connectivity index (χ2n) is 4.79. The Hall–Kier alpha value is -2.56. The Kier molecular flexibility index (Phi) is 5.15. The highest BCUT2D eigenvalue weighted by Gasteiger charge is 2.02. The Morgan fingerprint density at radius 3 is 2.57 bits per heavy atom. The molecule has 2 aromatic rings. The van der Waals surface area contributed by atoms with Crippen LogP contribution in [0.4, 0.5) is 16.2 Å². The number of unbranched alkanes of at least 4 members (excludes halogenated alkanes) is 1. The van der Waals surface area contributed by atoms with E-state index in [1.165, 1.54) is 0 Å². The van der Waals surface area contributed by atoms with Gasteiger partial charge in [-0.25, -0.2) is 4.79 Å². The van der Waals surface area contributed by atoms with Crippen LogP contribution < -0.4 is 16.4 Å². The second-order valence-corrected chi connectivity index (χ2v) is 4.79. The van der Waals surface area contributed by atoms with Crippen LogP contribution in [0.5, 0.6) is 0 Å². The fourth-order valence-electron chi connectivity index (χ4n) is 1.85. The van der Waals surface area contributed by atoms with Gasteiger partial charge in [-0.2, -0.15) is 0 Å². The zero-order chi connectivity index (χ0) is 15.1. The van der Waals surface area contributed by atoms with Crippen molar-refractivity contribution in [1.82, 2.24) is 10.3 Å². The van der Waals surface area contributed by atoms with Gasteiger partial charge in [0.05, 0.1) is 17.6 Å². The predicted octanol–water partition coefficient (Wildman–Crippen LogP) is 3.25. The average molecular weight is 284 g/mol. The lowest BCUT2D eigenvalue weighted by molar-refractivity contribution is 0.252.